The van der Waals surface area contributed by atoms with Crippen LogP contribution in [0.4, 0.5) is 13.2 Å². The van der Waals surface area contributed by atoms with Crippen molar-refractivity contribution in [3.05, 3.63) is 60.2 Å². The Morgan fingerprint density at radius 2 is 1.55 bits per heavy atom. The molecular formula is C15H13F3OS. The first-order chi connectivity index (χ1) is 9.53. The molecule has 0 saturated heterocycles. The molecule has 2 aromatic rings. The highest BCUT2D eigenvalue weighted by Gasteiger charge is 2.28. The Kier molecular flexibility index (Phi) is 4.95. The van der Waals surface area contributed by atoms with Crippen LogP contribution in [0.1, 0.15) is 5.56 Å². The second-order valence-electron chi connectivity index (χ2n) is 4.10. The minimum atomic E-state index is -4.24. The minimum Gasteiger partial charge on any atom is -0.493 e. The van der Waals surface area contributed by atoms with Crippen molar-refractivity contribution < 1.29 is 17.9 Å². The van der Waals surface area contributed by atoms with Crippen molar-refractivity contribution in [3.63, 3.8) is 0 Å². The van der Waals surface area contributed by atoms with Gasteiger partial charge >= 0.3 is 5.51 Å². The van der Waals surface area contributed by atoms with E-state index in [-0.39, 0.29) is 16.7 Å². The normalized spacial score (nSPS) is 11.3. The Hall–Kier alpha value is -1.62. The zero-order valence-corrected chi connectivity index (χ0v) is 11.4. The predicted molar refractivity (Wildman–Crippen MR) is 74.0 cm³/mol. The quantitative estimate of drug-likeness (QED) is 0.725. The van der Waals surface area contributed by atoms with Crippen LogP contribution in [0, 0.1) is 0 Å². The molecule has 0 fully saturated rings. The number of benzene rings is 2. The van der Waals surface area contributed by atoms with E-state index in [1.54, 1.807) is 12.1 Å². The van der Waals surface area contributed by atoms with Crippen LogP contribution in [0.15, 0.2) is 59.5 Å². The standard InChI is InChI=1S/C15H13F3OS/c16-15(17,18)20-14-8-6-12(7-9-14)10-11-19-13-4-2-1-3-5-13/h1-9H,10-11H2. The van der Waals surface area contributed by atoms with Crippen molar-refractivity contribution in [1.29, 1.82) is 0 Å². The van der Waals surface area contributed by atoms with Crippen molar-refractivity contribution in [2.24, 2.45) is 0 Å². The Bertz CT molecular complexity index is 523. The lowest BCUT2D eigenvalue weighted by atomic mass is 10.2. The summed E-state index contributed by atoms with van der Waals surface area (Å²) in [4.78, 5) is 0.199. The maximum Gasteiger partial charge on any atom is 0.446 e. The Balaban J connectivity index is 1.82. The first-order valence-corrected chi connectivity index (χ1v) is 6.87. The summed E-state index contributed by atoms with van der Waals surface area (Å²) in [5.41, 5.74) is -3.29. The summed E-state index contributed by atoms with van der Waals surface area (Å²) >= 11 is -0.101. The topological polar surface area (TPSA) is 9.23 Å². The van der Waals surface area contributed by atoms with Gasteiger partial charge in [-0.2, -0.15) is 13.2 Å². The maximum absolute atomic E-state index is 12.2. The second-order valence-corrected chi connectivity index (χ2v) is 5.24. The van der Waals surface area contributed by atoms with Gasteiger partial charge in [0.25, 0.3) is 0 Å². The molecule has 0 unspecified atom stereocenters. The van der Waals surface area contributed by atoms with Gasteiger partial charge in [-0.3, -0.25) is 0 Å². The van der Waals surface area contributed by atoms with E-state index in [1.807, 2.05) is 30.3 Å². The van der Waals surface area contributed by atoms with Crippen molar-refractivity contribution in [2.45, 2.75) is 16.8 Å². The smallest absolute Gasteiger partial charge is 0.446 e. The van der Waals surface area contributed by atoms with E-state index in [1.165, 1.54) is 12.1 Å². The van der Waals surface area contributed by atoms with Crippen molar-refractivity contribution in [2.75, 3.05) is 6.61 Å². The number of ether oxygens (including phenoxy) is 1. The monoisotopic (exact) mass is 298 g/mol. The SMILES string of the molecule is FC(F)(F)Sc1ccc(CCOc2ccccc2)cc1. The fourth-order valence-electron chi connectivity index (χ4n) is 1.66. The molecule has 2 aromatic carbocycles. The van der Waals surface area contributed by atoms with Crippen molar-refractivity contribution in [1.82, 2.24) is 0 Å². The molecule has 0 aliphatic rings. The number of alkyl halides is 3. The molecule has 5 heteroatoms. The first-order valence-electron chi connectivity index (χ1n) is 6.05. The van der Waals surface area contributed by atoms with Gasteiger partial charge in [-0.1, -0.05) is 30.3 Å². The molecule has 0 spiro atoms. The van der Waals surface area contributed by atoms with Crippen LogP contribution in [-0.4, -0.2) is 12.1 Å². The molecular weight excluding hydrogens is 285 g/mol. The molecule has 0 bridgehead atoms. The number of halogens is 3. The summed E-state index contributed by atoms with van der Waals surface area (Å²) in [7, 11) is 0. The van der Waals surface area contributed by atoms with E-state index in [2.05, 4.69) is 0 Å². The average molecular weight is 298 g/mol. The third-order valence-electron chi connectivity index (χ3n) is 2.56. The number of hydrogen-bond donors (Lipinski definition) is 0. The zero-order valence-electron chi connectivity index (χ0n) is 10.6. The highest BCUT2D eigenvalue weighted by Crippen LogP contribution is 2.36. The minimum absolute atomic E-state index is 0.101. The van der Waals surface area contributed by atoms with E-state index in [0.717, 1.165) is 11.3 Å². The van der Waals surface area contributed by atoms with E-state index >= 15 is 0 Å². The van der Waals surface area contributed by atoms with Crippen LogP contribution < -0.4 is 4.74 Å². The molecule has 0 radical (unpaired) electrons. The van der Waals surface area contributed by atoms with Gasteiger partial charge in [-0.15, -0.1) is 0 Å². The lowest BCUT2D eigenvalue weighted by Crippen LogP contribution is -2.01. The van der Waals surface area contributed by atoms with E-state index in [0.29, 0.717) is 13.0 Å². The van der Waals surface area contributed by atoms with Crippen LogP contribution in [0.25, 0.3) is 0 Å². The van der Waals surface area contributed by atoms with Gasteiger partial charge < -0.3 is 4.74 Å². The maximum atomic E-state index is 12.2. The van der Waals surface area contributed by atoms with Crippen molar-refractivity contribution in [3.8, 4) is 5.75 Å². The van der Waals surface area contributed by atoms with Crippen LogP contribution in [0.3, 0.4) is 0 Å². The van der Waals surface area contributed by atoms with Gasteiger partial charge in [0.05, 0.1) is 6.61 Å². The third kappa shape index (κ3) is 5.17. The Labute approximate surface area is 119 Å². The molecule has 0 aliphatic carbocycles. The van der Waals surface area contributed by atoms with Crippen LogP contribution in [-0.2, 0) is 6.42 Å². The molecule has 0 aliphatic heterocycles. The van der Waals surface area contributed by atoms with Crippen molar-refractivity contribution >= 4 is 11.8 Å². The van der Waals surface area contributed by atoms with Gasteiger partial charge in [0.15, 0.2) is 0 Å². The van der Waals surface area contributed by atoms with Crippen LogP contribution in [0.2, 0.25) is 0 Å². The molecule has 0 saturated carbocycles. The number of thioether (sulfide) groups is 1. The molecule has 0 aromatic heterocycles. The summed E-state index contributed by atoms with van der Waals surface area (Å²) in [5.74, 6) is 0.789. The van der Waals surface area contributed by atoms with Crippen LogP contribution >= 0.6 is 11.8 Å². The van der Waals surface area contributed by atoms with Gasteiger partial charge in [0.2, 0.25) is 0 Å². The Morgan fingerprint density at radius 1 is 0.900 bits per heavy atom. The fourth-order valence-corrected chi connectivity index (χ4v) is 2.20. The zero-order chi connectivity index (χ0) is 14.4. The van der Waals surface area contributed by atoms with E-state index < -0.39 is 5.51 Å². The second kappa shape index (κ2) is 6.70. The Morgan fingerprint density at radius 3 is 2.15 bits per heavy atom. The lowest BCUT2D eigenvalue weighted by molar-refractivity contribution is -0.0328. The van der Waals surface area contributed by atoms with Gasteiger partial charge in [-0.25, -0.2) is 0 Å². The largest absolute Gasteiger partial charge is 0.493 e. The lowest BCUT2D eigenvalue weighted by Gasteiger charge is -2.08. The molecule has 0 heterocycles. The molecule has 0 atom stereocenters. The molecule has 20 heavy (non-hydrogen) atoms. The number of hydrogen-bond acceptors (Lipinski definition) is 2. The predicted octanol–water partition coefficient (Wildman–Crippen LogP) is 4.92. The van der Waals surface area contributed by atoms with E-state index in [9.17, 15) is 13.2 Å². The molecule has 106 valence electrons. The molecule has 0 amide bonds. The summed E-state index contributed by atoms with van der Waals surface area (Å²) in [5, 5.41) is 0. The summed E-state index contributed by atoms with van der Waals surface area (Å²) in [6.07, 6.45) is 0.659. The highest BCUT2D eigenvalue weighted by atomic mass is 32.2. The number of rotatable bonds is 5. The number of para-hydroxylation sites is 1. The molecule has 1 nitrogen and oxygen atoms in total. The summed E-state index contributed by atoms with van der Waals surface area (Å²) in [6.45, 7) is 0.496. The summed E-state index contributed by atoms with van der Waals surface area (Å²) < 4.78 is 42.1. The van der Waals surface area contributed by atoms with Crippen LogP contribution in [0.5, 0.6) is 5.75 Å². The highest BCUT2D eigenvalue weighted by molar-refractivity contribution is 8.00. The first kappa shape index (κ1) is 14.8. The van der Waals surface area contributed by atoms with Gasteiger partial charge in [-0.05, 0) is 41.6 Å². The molecule has 2 rings (SSSR count). The third-order valence-corrected chi connectivity index (χ3v) is 3.30. The summed E-state index contributed by atoms with van der Waals surface area (Å²) in [6, 6.07) is 15.8. The van der Waals surface area contributed by atoms with E-state index in [4.69, 9.17) is 4.74 Å². The van der Waals surface area contributed by atoms with Gasteiger partial charge in [0.1, 0.15) is 5.75 Å². The fraction of sp³-hybridized carbons (Fsp3) is 0.200. The van der Waals surface area contributed by atoms with Gasteiger partial charge in [0, 0.05) is 11.3 Å². The average Bonchev–Trinajstić information content (AvgIpc) is 2.40. The molecule has 0 N–H and O–H groups in total.